The molecule has 7 heteroatoms. The minimum absolute atomic E-state index is 0.0312. The summed E-state index contributed by atoms with van der Waals surface area (Å²) in [6.07, 6.45) is 3.90. The molecule has 0 saturated carbocycles. The highest BCUT2D eigenvalue weighted by molar-refractivity contribution is 5.88. The number of aromatic carboxylic acids is 1. The molecule has 2 rings (SSSR count). The lowest BCUT2D eigenvalue weighted by molar-refractivity contribution is 0.0695. The molecule has 76 valence electrons. The van der Waals surface area contributed by atoms with Crippen molar-refractivity contribution in [2.24, 2.45) is 0 Å². The SMILES string of the molecule is O=C(O)c1c[nH]nc(-c2cn[nH]c2)c1=O. The number of rotatable bonds is 2. The third-order valence-electron chi connectivity index (χ3n) is 1.85. The number of carboxylic acid groups (broad SMARTS) is 1. The lowest BCUT2D eigenvalue weighted by atomic mass is 10.2. The van der Waals surface area contributed by atoms with Crippen LogP contribution in [0.15, 0.2) is 23.4 Å². The number of carboxylic acids is 1. The van der Waals surface area contributed by atoms with Gasteiger partial charge in [0.25, 0.3) is 0 Å². The van der Waals surface area contributed by atoms with E-state index >= 15 is 0 Å². The van der Waals surface area contributed by atoms with Gasteiger partial charge in [0.1, 0.15) is 11.3 Å². The Morgan fingerprint density at radius 1 is 1.33 bits per heavy atom. The van der Waals surface area contributed by atoms with Gasteiger partial charge in [0.15, 0.2) is 0 Å². The fourth-order valence-electron chi connectivity index (χ4n) is 1.14. The van der Waals surface area contributed by atoms with Gasteiger partial charge in [-0.05, 0) is 0 Å². The molecule has 0 atom stereocenters. The largest absolute Gasteiger partial charge is 0.477 e. The molecule has 0 aliphatic rings. The molecule has 0 spiro atoms. The van der Waals surface area contributed by atoms with Crippen LogP contribution in [-0.2, 0) is 0 Å². The zero-order chi connectivity index (χ0) is 10.8. The fourth-order valence-corrected chi connectivity index (χ4v) is 1.14. The van der Waals surface area contributed by atoms with E-state index in [1.807, 2.05) is 0 Å². The molecule has 0 bridgehead atoms. The lowest BCUT2D eigenvalue weighted by Gasteiger charge is -1.96. The highest BCUT2D eigenvalue weighted by Crippen LogP contribution is 2.08. The highest BCUT2D eigenvalue weighted by Gasteiger charge is 2.14. The molecule has 0 radical (unpaired) electrons. The van der Waals surface area contributed by atoms with Crippen molar-refractivity contribution in [1.82, 2.24) is 20.4 Å². The first-order valence-corrected chi connectivity index (χ1v) is 4.00. The van der Waals surface area contributed by atoms with Crippen LogP contribution in [0.1, 0.15) is 10.4 Å². The van der Waals surface area contributed by atoms with E-state index in [0.29, 0.717) is 5.56 Å². The van der Waals surface area contributed by atoms with E-state index in [0.717, 1.165) is 6.20 Å². The second-order valence-electron chi connectivity index (χ2n) is 2.77. The van der Waals surface area contributed by atoms with Gasteiger partial charge in [-0.25, -0.2) is 4.79 Å². The standard InChI is InChI=1S/C8H6N4O3/c13-7-5(8(14)15)3-11-12-6(7)4-1-9-10-2-4/h1-3H,(H,9,10)(H,11,13)(H,14,15). The van der Waals surface area contributed by atoms with Crippen molar-refractivity contribution >= 4 is 5.97 Å². The predicted molar refractivity (Wildman–Crippen MR) is 49.4 cm³/mol. The Labute approximate surface area is 82.8 Å². The van der Waals surface area contributed by atoms with Crippen LogP contribution >= 0.6 is 0 Å². The third-order valence-corrected chi connectivity index (χ3v) is 1.85. The van der Waals surface area contributed by atoms with Crippen LogP contribution in [0.2, 0.25) is 0 Å². The van der Waals surface area contributed by atoms with E-state index < -0.39 is 11.4 Å². The molecule has 2 heterocycles. The van der Waals surface area contributed by atoms with Gasteiger partial charge in [0.2, 0.25) is 5.43 Å². The van der Waals surface area contributed by atoms with Crippen molar-refractivity contribution in [3.05, 3.63) is 34.4 Å². The second kappa shape index (κ2) is 3.37. The lowest BCUT2D eigenvalue weighted by Crippen LogP contribution is -2.18. The summed E-state index contributed by atoms with van der Waals surface area (Å²) in [6.45, 7) is 0. The van der Waals surface area contributed by atoms with Crippen LogP contribution in [0.4, 0.5) is 0 Å². The van der Waals surface area contributed by atoms with Crippen LogP contribution < -0.4 is 5.43 Å². The topological polar surface area (TPSA) is 112 Å². The predicted octanol–water partition coefficient (Wildman–Crippen LogP) is -0.142. The average molecular weight is 206 g/mol. The first kappa shape index (κ1) is 9.13. The van der Waals surface area contributed by atoms with E-state index in [4.69, 9.17) is 5.11 Å². The van der Waals surface area contributed by atoms with Gasteiger partial charge in [-0.3, -0.25) is 15.0 Å². The van der Waals surface area contributed by atoms with Crippen LogP contribution in [0.25, 0.3) is 11.3 Å². The molecule has 2 aromatic rings. The van der Waals surface area contributed by atoms with Crippen molar-refractivity contribution < 1.29 is 9.90 Å². The number of H-pyrrole nitrogens is 2. The second-order valence-corrected chi connectivity index (χ2v) is 2.77. The number of nitrogens with one attached hydrogen (secondary N) is 2. The van der Waals surface area contributed by atoms with Crippen LogP contribution in [-0.4, -0.2) is 31.5 Å². The molecule has 0 saturated heterocycles. The van der Waals surface area contributed by atoms with Gasteiger partial charge in [0, 0.05) is 18.0 Å². The van der Waals surface area contributed by atoms with Crippen molar-refractivity contribution in [3.8, 4) is 11.3 Å². The number of hydrogen-bond donors (Lipinski definition) is 3. The Balaban J connectivity index is 2.65. The smallest absolute Gasteiger partial charge is 0.341 e. The van der Waals surface area contributed by atoms with E-state index in [1.165, 1.54) is 12.4 Å². The maximum atomic E-state index is 11.6. The number of hydrogen-bond acceptors (Lipinski definition) is 4. The van der Waals surface area contributed by atoms with E-state index in [9.17, 15) is 9.59 Å². The molecule has 3 N–H and O–H groups in total. The van der Waals surface area contributed by atoms with E-state index in [2.05, 4.69) is 20.4 Å². The molecule has 0 amide bonds. The van der Waals surface area contributed by atoms with Gasteiger partial charge in [-0.1, -0.05) is 0 Å². The Morgan fingerprint density at radius 3 is 2.73 bits per heavy atom. The monoisotopic (exact) mass is 206 g/mol. The summed E-state index contributed by atoms with van der Waals surface area (Å²) in [5.41, 5.74) is -0.508. The number of nitrogens with zero attached hydrogens (tertiary/aromatic N) is 2. The van der Waals surface area contributed by atoms with Crippen molar-refractivity contribution in [2.75, 3.05) is 0 Å². The minimum atomic E-state index is -1.29. The molecule has 0 aromatic carbocycles. The number of aromatic nitrogens is 4. The summed E-state index contributed by atoms with van der Waals surface area (Å²) in [5.74, 6) is -1.29. The Bertz CT molecular complexity index is 543. The zero-order valence-electron chi connectivity index (χ0n) is 7.39. The molecule has 0 unspecified atom stereocenters. The maximum Gasteiger partial charge on any atom is 0.341 e. The summed E-state index contributed by atoms with van der Waals surface area (Å²) >= 11 is 0. The molecule has 15 heavy (non-hydrogen) atoms. The number of aromatic amines is 2. The average Bonchev–Trinajstić information content (AvgIpc) is 2.70. The highest BCUT2D eigenvalue weighted by atomic mass is 16.4. The summed E-state index contributed by atoms with van der Waals surface area (Å²) in [5, 5.41) is 20.9. The maximum absolute atomic E-state index is 11.6. The van der Waals surface area contributed by atoms with Gasteiger partial charge < -0.3 is 5.11 Å². The van der Waals surface area contributed by atoms with E-state index in [-0.39, 0.29) is 11.3 Å². The molecule has 0 aliphatic carbocycles. The molecule has 2 aromatic heterocycles. The molecule has 0 fully saturated rings. The van der Waals surface area contributed by atoms with Crippen molar-refractivity contribution in [3.63, 3.8) is 0 Å². The van der Waals surface area contributed by atoms with Gasteiger partial charge in [-0.15, -0.1) is 0 Å². The van der Waals surface area contributed by atoms with Crippen molar-refractivity contribution in [2.45, 2.75) is 0 Å². The summed E-state index contributed by atoms with van der Waals surface area (Å²) in [7, 11) is 0. The third kappa shape index (κ3) is 1.50. The van der Waals surface area contributed by atoms with E-state index in [1.54, 1.807) is 0 Å². The van der Waals surface area contributed by atoms with Gasteiger partial charge in [0.05, 0.1) is 6.20 Å². The first-order chi connectivity index (χ1) is 7.20. The Kier molecular flexibility index (Phi) is 2.05. The summed E-state index contributed by atoms with van der Waals surface area (Å²) in [4.78, 5) is 22.3. The molecular weight excluding hydrogens is 200 g/mol. The molecule has 7 nitrogen and oxygen atoms in total. The van der Waals surface area contributed by atoms with Gasteiger partial charge >= 0.3 is 5.97 Å². The summed E-state index contributed by atoms with van der Waals surface area (Å²) in [6, 6.07) is 0. The normalized spacial score (nSPS) is 10.1. The fraction of sp³-hybridized carbons (Fsp3) is 0. The zero-order valence-corrected chi connectivity index (χ0v) is 7.39. The summed E-state index contributed by atoms with van der Waals surface area (Å²) < 4.78 is 0. The molecule has 0 aliphatic heterocycles. The number of carbonyl (C=O) groups is 1. The first-order valence-electron chi connectivity index (χ1n) is 4.00. The van der Waals surface area contributed by atoms with Gasteiger partial charge in [-0.2, -0.15) is 10.2 Å². The van der Waals surface area contributed by atoms with Crippen LogP contribution in [0.3, 0.4) is 0 Å². The van der Waals surface area contributed by atoms with Crippen LogP contribution in [0, 0.1) is 0 Å². The minimum Gasteiger partial charge on any atom is -0.477 e. The molecular formula is C8H6N4O3. The quantitative estimate of drug-likeness (QED) is 0.633. The van der Waals surface area contributed by atoms with Crippen molar-refractivity contribution in [1.29, 1.82) is 0 Å². The Morgan fingerprint density at radius 2 is 2.13 bits per heavy atom. The van der Waals surface area contributed by atoms with Crippen LogP contribution in [0.5, 0.6) is 0 Å². The Hall–Kier alpha value is -2.44.